The van der Waals surface area contributed by atoms with Crippen LogP contribution in [0.25, 0.3) is 0 Å². The summed E-state index contributed by atoms with van der Waals surface area (Å²) in [4.78, 5) is 68.0. The molecule has 0 bridgehead atoms. The number of halogens is 1. The van der Waals surface area contributed by atoms with Gasteiger partial charge in [0, 0.05) is 16.5 Å². The van der Waals surface area contributed by atoms with E-state index in [1.54, 1.807) is 4.90 Å². The zero-order chi connectivity index (χ0) is 32.2. The molecule has 3 saturated carbocycles. The lowest BCUT2D eigenvalue weighted by Crippen LogP contribution is -2.62. The van der Waals surface area contributed by atoms with Crippen molar-refractivity contribution in [3.63, 3.8) is 0 Å². The fourth-order valence-electron chi connectivity index (χ4n) is 7.56. The summed E-state index contributed by atoms with van der Waals surface area (Å²) in [6.45, 7) is 6.49. The molecule has 1 aliphatic heterocycles. The summed E-state index contributed by atoms with van der Waals surface area (Å²) in [5, 5.41) is 9.16. The maximum Gasteiger partial charge on any atom is 0.315 e. The zero-order valence-electron chi connectivity index (χ0n) is 26.6. The van der Waals surface area contributed by atoms with Crippen LogP contribution in [0.5, 0.6) is 0 Å². The minimum atomic E-state index is -1.08. The summed E-state index contributed by atoms with van der Waals surface area (Å²) in [5.41, 5.74) is 11.4. The lowest BCUT2D eigenvalue weighted by atomic mass is 9.83. The second kappa shape index (κ2) is 15.1. The van der Waals surface area contributed by atoms with Crippen LogP contribution < -0.4 is 27.4 Å². The topological polar surface area (TPSA) is 177 Å². The fraction of sp³-hybridized carbons (Fsp3) is 0.844. The van der Waals surface area contributed by atoms with Gasteiger partial charge in [-0.15, -0.1) is 0 Å². The van der Waals surface area contributed by atoms with E-state index < -0.39 is 35.7 Å². The van der Waals surface area contributed by atoms with Crippen molar-refractivity contribution in [1.29, 1.82) is 0 Å². The minimum Gasteiger partial charge on any atom is -0.363 e. The van der Waals surface area contributed by atoms with Crippen molar-refractivity contribution < 1.29 is 24.0 Å². The average molecular weight is 729 g/mol. The molecule has 0 aromatic heterocycles. The maximum atomic E-state index is 14.5. The Bertz CT molecular complexity index is 1070. The van der Waals surface area contributed by atoms with Gasteiger partial charge >= 0.3 is 6.03 Å². The van der Waals surface area contributed by atoms with Gasteiger partial charge in [-0.25, -0.2) is 4.79 Å². The molecule has 0 aromatic rings. The summed E-state index contributed by atoms with van der Waals surface area (Å²) < 4.78 is 0.210. The van der Waals surface area contributed by atoms with Crippen molar-refractivity contribution in [3.05, 3.63) is 0 Å². The summed E-state index contributed by atoms with van der Waals surface area (Å²) >= 11 is 2.39. The number of Topliss-reactive ketones (excluding diaryl/α,β-unsaturated/α-hetero) is 1. The number of amides is 5. The lowest BCUT2D eigenvalue weighted by Gasteiger charge is -2.39. The highest BCUT2D eigenvalue weighted by molar-refractivity contribution is 14.1. The first-order valence-corrected chi connectivity index (χ1v) is 18.1. The van der Waals surface area contributed by atoms with Crippen molar-refractivity contribution in [2.45, 2.75) is 138 Å². The standard InChI is InChI=1S/C32H53IN6O5/c1-4-23(34)21-16-25(29(42)36-24(15-19-11-12-19)27(40)28(35)41)39(17-21)30(43)26(20-9-7-6-8-10-20)37-31(44)38-32(5-2,18(3)33)22-13-14-22/h18-26H,4-17,34H2,1-3H3,(H2,35,41)(H,36,42)(H2,37,38,44)/t18-,21+,23?,24?,25-,26-,32?/m0/s1. The number of likely N-dealkylation sites (tertiary alicyclic amines) is 1. The third-order valence-electron chi connectivity index (χ3n) is 10.8. The Morgan fingerprint density at radius 1 is 0.955 bits per heavy atom. The predicted molar refractivity (Wildman–Crippen MR) is 177 cm³/mol. The molecule has 4 fully saturated rings. The molecule has 4 aliphatic rings. The molecule has 5 amide bonds. The molecule has 248 valence electrons. The number of nitrogens with two attached hydrogens (primary N) is 2. The Morgan fingerprint density at radius 3 is 2.14 bits per heavy atom. The van der Waals surface area contributed by atoms with E-state index in [0.29, 0.717) is 31.7 Å². The smallest absolute Gasteiger partial charge is 0.315 e. The Morgan fingerprint density at radius 2 is 1.61 bits per heavy atom. The van der Waals surface area contributed by atoms with Crippen LogP contribution in [0.2, 0.25) is 0 Å². The van der Waals surface area contributed by atoms with Crippen molar-refractivity contribution >= 4 is 52.1 Å². The van der Waals surface area contributed by atoms with E-state index >= 15 is 0 Å². The van der Waals surface area contributed by atoms with E-state index in [0.717, 1.165) is 64.2 Å². The second-order valence-corrected chi connectivity index (χ2v) is 15.7. The van der Waals surface area contributed by atoms with Gasteiger partial charge in [0.05, 0.1) is 11.6 Å². The van der Waals surface area contributed by atoms with E-state index in [9.17, 15) is 24.0 Å². The molecule has 4 rings (SSSR count). The van der Waals surface area contributed by atoms with Crippen LogP contribution in [0.3, 0.4) is 0 Å². The minimum absolute atomic E-state index is 0.0439. The number of carbonyl (C=O) groups excluding carboxylic acids is 5. The van der Waals surface area contributed by atoms with Gasteiger partial charge in [-0.2, -0.15) is 0 Å². The van der Waals surface area contributed by atoms with E-state index in [1.165, 1.54) is 0 Å². The molecular weight excluding hydrogens is 675 g/mol. The number of ketones is 1. The van der Waals surface area contributed by atoms with Gasteiger partial charge in [-0.3, -0.25) is 19.2 Å². The highest BCUT2D eigenvalue weighted by atomic mass is 127. The van der Waals surface area contributed by atoms with Crippen LogP contribution in [0.15, 0.2) is 0 Å². The predicted octanol–water partition coefficient (Wildman–Crippen LogP) is 2.91. The zero-order valence-corrected chi connectivity index (χ0v) is 28.8. The summed E-state index contributed by atoms with van der Waals surface area (Å²) in [5.74, 6) is -2.13. The highest BCUT2D eigenvalue weighted by Crippen LogP contribution is 2.45. The van der Waals surface area contributed by atoms with Crippen molar-refractivity contribution in [3.8, 4) is 0 Å². The van der Waals surface area contributed by atoms with Crippen LogP contribution in [0.4, 0.5) is 4.79 Å². The normalized spacial score (nSPS) is 26.5. The Hall–Kier alpha value is -1.96. The number of urea groups is 1. The third kappa shape index (κ3) is 8.24. The summed E-state index contributed by atoms with van der Waals surface area (Å²) in [7, 11) is 0. The first kappa shape index (κ1) is 34.9. The molecule has 1 heterocycles. The van der Waals surface area contributed by atoms with Gasteiger partial charge in [0.25, 0.3) is 5.91 Å². The molecule has 0 radical (unpaired) electrons. The SMILES string of the molecule is CCC(N)[C@@H]1C[C@@H](C(=O)NC(CC2CC2)C(=O)C(N)=O)N(C(=O)[C@@H](NC(=O)NC(CC)(C2CC2)[C@H](C)I)C2CCCCC2)C1. The molecule has 12 heteroatoms. The number of hydrogen-bond acceptors (Lipinski definition) is 6. The number of carbonyl (C=O) groups is 5. The molecule has 0 aromatic carbocycles. The van der Waals surface area contributed by atoms with E-state index in [1.807, 2.05) is 6.92 Å². The average Bonchev–Trinajstić information content (AvgIpc) is 3.95. The molecule has 1 saturated heterocycles. The third-order valence-corrected chi connectivity index (χ3v) is 11.9. The van der Waals surface area contributed by atoms with Crippen molar-refractivity contribution in [1.82, 2.24) is 20.9 Å². The monoisotopic (exact) mass is 728 g/mol. The van der Waals surface area contributed by atoms with Gasteiger partial charge in [0.1, 0.15) is 12.1 Å². The molecule has 44 heavy (non-hydrogen) atoms. The number of nitrogens with one attached hydrogen (secondary N) is 3. The molecule has 3 unspecified atom stereocenters. The number of hydrogen-bond donors (Lipinski definition) is 5. The van der Waals surface area contributed by atoms with Crippen molar-refractivity contribution in [2.24, 2.45) is 35.1 Å². The first-order chi connectivity index (χ1) is 20.9. The summed E-state index contributed by atoms with van der Waals surface area (Å²) in [6, 6.07) is -3.21. The second-order valence-electron chi connectivity index (χ2n) is 13.8. The molecule has 3 aliphatic carbocycles. The quantitative estimate of drug-likeness (QED) is 0.0985. The number of alkyl halides is 1. The molecule has 7 atom stereocenters. The van der Waals surface area contributed by atoms with Crippen molar-refractivity contribution in [2.75, 3.05) is 6.54 Å². The molecule has 7 N–H and O–H groups in total. The highest BCUT2D eigenvalue weighted by Gasteiger charge is 2.49. The number of rotatable bonds is 15. The summed E-state index contributed by atoms with van der Waals surface area (Å²) in [6.07, 6.45) is 10.9. The Kier molecular flexibility index (Phi) is 12.0. The largest absolute Gasteiger partial charge is 0.363 e. The van der Waals surface area contributed by atoms with Gasteiger partial charge in [-0.1, -0.05) is 75.5 Å². The fourth-order valence-corrected chi connectivity index (χ4v) is 8.67. The number of primary amides is 1. The van der Waals surface area contributed by atoms with E-state index in [4.69, 9.17) is 11.5 Å². The van der Waals surface area contributed by atoms with Gasteiger partial charge in [0.15, 0.2) is 0 Å². The van der Waals surface area contributed by atoms with Crippen LogP contribution in [-0.2, 0) is 19.2 Å². The number of nitrogens with zero attached hydrogens (tertiary/aromatic N) is 1. The van der Waals surface area contributed by atoms with E-state index in [2.05, 4.69) is 52.4 Å². The molecule has 0 spiro atoms. The molecule has 11 nitrogen and oxygen atoms in total. The van der Waals surface area contributed by atoms with Crippen LogP contribution >= 0.6 is 22.6 Å². The van der Waals surface area contributed by atoms with Gasteiger partial charge in [0.2, 0.25) is 17.6 Å². The van der Waals surface area contributed by atoms with Crippen LogP contribution in [0.1, 0.15) is 104 Å². The van der Waals surface area contributed by atoms with Crippen LogP contribution in [-0.4, -0.2) is 74.6 Å². The Balaban J connectivity index is 1.57. The van der Waals surface area contributed by atoms with Gasteiger partial charge in [-0.05, 0) is 75.0 Å². The maximum absolute atomic E-state index is 14.5. The van der Waals surface area contributed by atoms with Gasteiger partial charge < -0.3 is 32.3 Å². The van der Waals surface area contributed by atoms with Crippen LogP contribution in [0, 0.1) is 23.7 Å². The van der Waals surface area contributed by atoms with E-state index in [-0.39, 0.29) is 45.2 Å². The Labute approximate surface area is 275 Å². The molecular formula is C32H53IN6O5. The lowest BCUT2D eigenvalue weighted by molar-refractivity contribution is -0.143. The first-order valence-electron chi connectivity index (χ1n) is 16.8.